The van der Waals surface area contributed by atoms with Gasteiger partial charge in [-0.25, -0.2) is 4.39 Å². The number of thiocarbonyl (C=S) groups is 1. The predicted molar refractivity (Wildman–Crippen MR) is 62.9 cm³/mol. The highest BCUT2D eigenvalue weighted by atomic mass is 35.5. The summed E-state index contributed by atoms with van der Waals surface area (Å²) in [4.78, 5) is 0.257. The summed E-state index contributed by atoms with van der Waals surface area (Å²) in [6.07, 6.45) is 0.264. The fourth-order valence-electron chi connectivity index (χ4n) is 1.06. The van der Waals surface area contributed by atoms with Gasteiger partial charge in [-0.1, -0.05) is 30.7 Å². The molecule has 1 aromatic carbocycles. The Morgan fingerprint density at radius 1 is 1.67 bits per heavy atom. The van der Waals surface area contributed by atoms with Gasteiger partial charge in [0, 0.05) is 6.07 Å². The van der Waals surface area contributed by atoms with Gasteiger partial charge in [0.1, 0.15) is 22.7 Å². The summed E-state index contributed by atoms with van der Waals surface area (Å²) in [6.45, 7) is 1.89. The molecule has 1 unspecified atom stereocenters. The van der Waals surface area contributed by atoms with Gasteiger partial charge in [0.15, 0.2) is 0 Å². The molecule has 0 fully saturated rings. The number of rotatable bonds is 4. The molecule has 1 aromatic rings. The van der Waals surface area contributed by atoms with Crippen LogP contribution in [0.15, 0.2) is 18.2 Å². The summed E-state index contributed by atoms with van der Waals surface area (Å²) in [5.74, 6) is -0.150. The van der Waals surface area contributed by atoms with E-state index >= 15 is 0 Å². The van der Waals surface area contributed by atoms with Crippen LogP contribution >= 0.6 is 23.8 Å². The third-order valence-corrected chi connectivity index (χ3v) is 2.43. The maximum Gasteiger partial charge on any atom is 0.148 e. The van der Waals surface area contributed by atoms with Crippen molar-refractivity contribution in [3.63, 3.8) is 0 Å². The zero-order valence-electron chi connectivity index (χ0n) is 8.17. The lowest BCUT2D eigenvalue weighted by molar-refractivity contribution is 0.263. The van der Waals surface area contributed by atoms with Crippen LogP contribution in [0.25, 0.3) is 0 Å². The number of nitrogens with two attached hydrogens (primary N) is 1. The SMILES string of the molecule is CCC(Oc1ccc(Cl)c(F)c1)C(N)=S. The molecule has 15 heavy (non-hydrogen) atoms. The highest BCUT2D eigenvalue weighted by Gasteiger charge is 2.12. The van der Waals surface area contributed by atoms with E-state index in [4.69, 9.17) is 34.3 Å². The van der Waals surface area contributed by atoms with Crippen LogP contribution in [0.2, 0.25) is 5.02 Å². The van der Waals surface area contributed by atoms with Crippen molar-refractivity contribution in [2.24, 2.45) is 5.73 Å². The van der Waals surface area contributed by atoms with Crippen molar-refractivity contribution < 1.29 is 9.13 Å². The molecule has 82 valence electrons. The molecular formula is C10H11ClFNOS. The zero-order valence-corrected chi connectivity index (χ0v) is 9.74. The minimum Gasteiger partial charge on any atom is -0.483 e. The monoisotopic (exact) mass is 247 g/mol. The third kappa shape index (κ3) is 3.32. The van der Waals surface area contributed by atoms with Crippen LogP contribution in [0.5, 0.6) is 5.75 Å². The summed E-state index contributed by atoms with van der Waals surface area (Å²) in [5.41, 5.74) is 5.45. The Bertz CT molecular complexity index is 372. The molecule has 0 spiro atoms. The second-order valence-corrected chi connectivity index (χ2v) is 3.87. The quantitative estimate of drug-likeness (QED) is 0.831. The molecule has 0 heterocycles. The Hall–Kier alpha value is -0.870. The van der Waals surface area contributed by atoms with E-state index in [0.717, 1.165) is 0 Å². The number of hydrogen-bond acceptors (Lipinski definition) is 2. The summed E-state index contributed by atoms with van der Waals surface area (Å²) < 4.78 is 18.5. The van der Waals surface area contributed by atoms with Crippen LogP contribution in [-0.2, 0) is 0 Å². The van der Waals surface area contributed by atoms with E-state index in [1.165, 1.54) is 12.1 Å². The summed E-state index contributed by atoms with van der Waals surface area (Å²) in [6, 6.07) is 4.22. The van der Waals surface area contributed by atoms with E-state index in [2.05, 4.69) is 0 Å². The van der Waals surface area contributed by atoms with E-state index in [0.29, 0.717) is 12.2 Å². The fraction of sp³-hybridized carbons (Fsp3) is 0.300. The molecule has 0 saturated heterocycles. The first-order valence-electron chi connectivity index (χ1n) is 4.45. The molecule has 0 aliphatic heterocycles. The van der Waals surface area contributed by atoms with Crippen LogP contribution < -0.4 is 10.5 Å². The standard InChI is InChI=1S/C10H11ClFNOS/c1-2-9(10(13)15)14-6-3-4-7(11)8(12)5-6/h3-5,9H,2H2,1H3,(H2,13,15). The van der Waals surface area contributed by atoms with E-state index in [1.54, 1.807) is 6.07 Å². The Balaban J connectivity index is 2.80. The molecule has 5 heteroatoms. The van der Waals surface area contributed by atoms with Gasteiger partial charge in [0.2, 0.25) is 0 Å². The molecular weight excluding hydrogens is 237 g/mol. The first-order valence-corrected chi connectivity index (χ1v) is 5.24. The zero-order chi connectivity index (χ0) is 11.4. The van der Waals surface area contributed by atoms with Gasteiger partial charge in [0.25, 0.3) is 0 Å². The molecule has 1 atom stereocenters. The largest absolute Gasteiger partial charge is 0.483 e. The van der Waals surface area contributed by atoms with Crippen LogP contribution in [0.4, 0.5) is 4.39 Å². The van der Waals surface area contributed by atoms with Gasteiger partial charge < -0.3 is 10.5 Å². The van der Waals surface area contributed by atoms with Crippen molar-refractivity contribution in [1.82, 2.24) is 0 Å². The summed E-state index contributed by atoms with van der Waals surface area (Å²) in [5, 5.41) is 0.0609. The average Bonchev–Trinajstić information content (AvgIpc) is 2.19. The maximum absolute atomic E-state index is 13.1. The first kappa shape index (κ1) is 12.2. The first-order chi connectivity index (χ1) is 7.04. The van der Waals surface area contributed by atoms with Crippen LogP contribution in [0.3, 0.4) is 0 Å². The molecule has 0 bridgehead atoms. The molecule has 0 aliphatic rings. The van der Waals surface area contributed by atoms with Crippen LogP contribution in [0, 0.1) is 5.82 Å². The fourth-order valence-corrected chi connectivity index (χ4v) is 1.39. The lowest BCUT2D eigenvalue weighted by Crippen LogP contribution is -2.31. The van der Waals surface area contributed by atoms with Crippen molar-refractivity contribution in [2.45, 2.75) is 19.4 Å². The number of benzene rings is 1. The topological polar surface area (TPSA) is 35.2 Å². The molecule has 2 nitrogen and oxygen atoms in total. The lowest BCUT2D eigenvalue weighted by atomic mass is 10.2. The van der Waals surface area contributed by atoms with Crippen LogP contribution in [-0.4, -0.2) is 11.1 Å². The maximum atomic E-state index is 13.1. The normalized spacial score (nSPS) is 12.2. The minimum absolute atomic E-state index is 0.0609. The molecule has 0 saturated carbocycles. The number of ether oxygens (including phenoxy) is 1. The van der Waals surface area contributed by atoms with E-state index < -0.39 is 5.82 Å². The molecule has 0 amide bonds. The second-order valence-electron chi connectivity index (χ2n) is 2.99. The van der Waals surface area contributed by atoms with Crippen LogP contribution in [0.1, 0.15) is 13.3 Å². The Morgan fingerprint density at radius 3 is 2.80 bits per heavy atom. The van der Waals surface area contributed by atoms with Crippen molar-refractivity contribution in [3.8, 4) is 5.75 Å². The van der Waals surface area contributed by atoms with E-state index in [1.807, 2.05) is 6.92 Å². The smallest absolute Gasteiger partial charge is 0.148 e. The number of halogens is 2. The van der Waals surface area contributed by atoms with E-state index in [9.17, 15) is 4.39 Å². The van der Waals surface area contributed by atoms with Gasteiger partial charge in [-0.2, -0.15) is 0 Å². The van der Waals surface area contributed by atoms with Gasteiger partial charge in [-0.05, 0) is 18.6 Å². The predicted octanol–water partition coefficient (Wildman–Crippen LogP) is 2.92. The molecule has 2 N–H and O–H groups in total. The molecule has 1 rings (SSSR count). The van der Waals surface area contributed by atoms with Gasteiger partial charge in [-0.15, -0.1) is 0 Å². The Kier molecular flexibility index (Phi) is 4.29. The third-order valence-electron chi connectivity index (χ3n) is 1.86. The Labute approximate surface area is 98.2 Å². The summed E-state index contributed by atoms with van der Waals surface area (Å²) >= 11 is 10.3. The van der Waals surface area contributed by atoms with Gasteiger partial charge in [-0.3, -0.25) is 0 Å². The molecule has 0 aromatic heterocycles. The number of hydrogen-bond donors (Lipinski definition) is 1. The van der Waals surface area contributed by atoms with E-state index in [-0.39, 0.29) is 16.1 Å². The molecule has 0 aliphatic carbocycles. The minimum atomic E-state index is -0.521. The summed E-state index contributed by atoms with van der Waals surface area (Å²) in [7, 11) is 0. The lowest BCUT2D eigenvalue weighted by Gasteiger charge is -2.16. The van der Waals surface area contributed by atoms with Crippen molar-refractivity contribution >= 4 is 28.8 Å². The second kappa shape index (κ2) is 5.28. The van der Waals surface area contributed by atoms with Crippen molar-refractivity contribution in [2.75, 3.05) is 0 Å². The Morgan fingerprint density at radius 2 is 2.33 bits per heavy atom. The average molecular weight is 248 g/mol. The highest BCUT2D eigenvalue weighted by molar-refractivity contribution is 7.80. The van der Waals surface area contributed by atoms with Crippen molar-refractivity contribution in [3.05, 3.63) is 29.0 Å². The van der Waals surface area contributed by atoms with Gasteiger partial charge in [0.05, 0.1) is 5.02 Å². The van der Waals surface area contributed by atoms with Crippen molar-refractivity contribution in [1.29, 1.82) is 0 Å². The highest BCUT2D eigenvalue weighted by Crippen LogP contribution is 2.21. The van der Waals surface area contributed by atoms with Gasteiger partial charge >= 0.3 is 0 Å². The molecule has 0 radical (unpaired) electrons.